The van der Waals surface area contributed by atoms with Gasteiger partial charge in [0.05, 0.1) is 17.8 Å². The molecule has 0 heterocycles. The Morgan fingerprint density at radius 3 is 2.71 bits per heavy atom. The minimum Gasteiger partial charge on any atom is -0.299 e. The number of ketones is 1. The molecule has 0 amide bonds. The second-order valence-electron chi connectivity index (χ2n) is 4.81. The molecule has 1 saturated carbocycles. The minimum absolute atomic E-state index is 0.141. The number of Topliss-reactive ketones (excluding diaryl/α,β-unsaturated/α-hetero) is 1. The first-order chi connectivity index (χ1) is 7.79. The Morgan fingerprint density at radius 1 is 1.53 bits per heavy atom. The van der Waals surface area contributed by atoms with E-state index in [0.29, 0.717) is 19.3 Å². The van der Waals surface area contributed by atoms with E-state index < -0.39 is 21.6 Å². The molecule has 0 aromatic rings. The molecule has 1 rings (SSSR count). The fourth-order valence-corrected chi connectivity index (χ4v) is 3.44. The quantitative estimate of drug-likeness (QED) is 0.421. The van der Waals surface area contributed by atoms with Crippen LogP contribution in [0.25, 0.3) is 0 Å². The van der Waals surface area contributed by atoms with Crippen molar-refractivity contribution in [1.29, 1.82) is 0 Å². The lowest BCUT2D eigenvalue weighted by molar-refractivity contribution is -0.137. The Kier molecular flexibility index (Phi) is 5.39. The lowest BCUT2D eigenvalue weighted by Crippen LogP contribution is -2.45. The highest BCUT2D eigenvalue weighted by Crippen LogP contribution is 2.39. The summed E-state index contributed by atoms with van der Waals surface area (Å²) in [6.45, 7) is 1.84. The zero-order chi connectivity index (χ0) is 13.1. The molecule has 1 fully saturated rings. The zero-order valence-corrected chi connectivity index (χ0v) is 13.2. The SMILES string of the molecule is C[C@@]1(CCCI)C(=O)CCC[C@@H]1OS(C)(=O)=O. The first-order valence-corrected chi connectivity index (χ1v) is 9.11. The van der Waals surface area contributed by atoms with Crippen LogP contribution >= 0.6 is 22.6 Å². The van der Waals surface area contributed by atoms with E-state index in [0.717, 1.165) is 23.5 Å². The number of halogens is 1. The van der Waals surface area contributed by atoms with E-state index in [4.69, 9.17) is 4.18 Å². The van der Waals surface area contributed by atoms with Crippen LogP contribution in [0.2, 0.25) is 0 Å². The summed E-state index contributed by atoms with van der Waals surface area (Å²) in [5.74, 6) is 0.141. The van der Waals surface area contributed by atoms with Crippen LogP contribution in [0, 0.1) is 5.41 Å². The molecule has 0 aromatic heterocycles. The van der Waals surface area contributed by atoms with E-state index >= 15 is 0 Å². The molecular weight excluding hydrogens is 355 g/mol. The standard InChI is InChI=1S/C11H19IO4S/c1-11(7-4-8-12)9(13)5-3-6-10(11)16-17(2,14)15/h10H,3-8H2,1-2H3/t10-,11+/m0/s1. The van der Waals surface area contributed by atoms with Gasteiger partial charge in [0.1, 0.15) is 5.78 Å². The summed E-state index contributed by atoms with van der Waals surface area (Å²) in [5, 5.41) is 0. The average molecular weight is 374 g/mol. The van der Waals surface area contributed by atoms with Crippen LogP contribution in [0.1, 0.15) is 39.0 Å². The number of carbonyl (C=O) groups excluding carboxylic acids is 1. The molecule has 0 N–H and O–H groups in total. The van der Waals surface area contributed by atoms with Crippen molar-refractivity contribution in [3.63, 3.8) is 0 Å². The van der Waals surface area contributed by atoms with Crippen molar-refractivity contribution in [1.82, 2.24) is 0 Å². The fraction of sp³-hybridized carbons (Fsp3) is 0.909. The Balaban J connectivity index is 2.87. The van der Waals surface area contributed by atoms with Gasteiger partial charge in [-0.15, -0.1) is 0 Å². The zero-order valence-electron chi connectivity index (χ0n) is 10.2. The topological polar surface area (TPSA) is 60.4 Å². The predicted octanol–water partition coefficient (Wildman–Crippen LogP) is 2.31. The summed E-state index contributed by atoms with van der Waals surface area (Å²) in [4.78, 5) is 12.0. The maximum atomic E-state index is 12.0. The van der Waals surface area contributed by atoms with Gasteiger partial charge in [0.25, 0.3) is 10.1 Å². The molecule has 100 valence electrons. The Hall–Kier alpha value is 0.310. The van der Waals surface area contributed by atoms with Crippen molar-refractivity contribution in [3.05, 3.63) is 0 Å². The smallest absolute Gasteiger partial charge is 0.264 e. The second-order valence-corrected chi connectivity index (χ2v) is 7.49. The van der Waals surface area contributed by atoms with E-state index in [2.05, 4.69) is 22.6 Å². The summed E-state index contributed by atoms with van der Waals surface area (Å²) < 4.78 is 28.5. The predicted molar refractivity (Wildman–Crippen MR) is 74.8 cm³/mol. The number of hydrogen-bond donors (Lipinski definition) is 0. The van der Waals surface area contributed by atoms with E-state index in [1.54, 1.807) is 0 Å². The van der Waals surface area contributed by atoms with Gasteiger partial charge in [-0.2, -0.15) is 8.42 Å². The number of rotatable bonds is 5. The van der Waals surface area contributed by atoms with Gasteiger partial charge in [-0.25, -0.2) is 0 Å². The van der Waals surface area contributed by atoms with Crippen LogP contribution in [0.15, 0.2) is 0 Å². The van der Waals surface area contributed by atoms with Crippen LogP contribution in [0.4, 0.5) is 0 Å². The second kappa shape index (κ2) is 5.97. The molecule has 0 aliphatic heterocycles. The van der Waals surface area contributed by atoms with Gasteiger partial charge in [-0.3, -0.25) is 8.98 Å². The fourth-order valence-electron chi connectivity index (χ4n) is 2.33. The van der Waals surface area contributed by atoms with Gasteiger partial charge in [-0.05, 0) is 30.1 Å². The van der Waals surface area contributed by atoms with Crippen LogP contribution in [0.3, 0.4) is 0 Å². The maximum Gasteiger partial charge on any atom is 0.264 e. The summed E-state index contributed by atoms with van der Waals surface area (Å²) in [6, 6.07) is 0. The van der Waals surface area contributed by atoms with Crippen LogP contribution < -0.4 is 0 Å². The lowest BCUT2D eigenvalue weighted by atomic mass is 9.70. The molecule has 6 heteroatoms. The summed E-state index contributed by atoms with van der Waals surface area (Å²) in [7, 11) is -3.50. The van der Waals surface area contributed by atoms with Gasteiger partial charge in [0, 0.05) is 6.42 Å². The maximum absolute atomic E-state index is 12.0. The number of hydrogen-bond acceptors (Lipinski definition) is 4. The number of carbonyl (C=O) groups is 1. The van der Waals surface area contributed by atoms with Crippen LogP contribution in [-0.4, -0.2) is 31.0 Å². The molecule has 4 nitrogen and oxygen atoms in total. The van der Waals surface area contributed by atoms with Gasteiger partial charge in [0.15, 0.2) is 0 Å². The molecule has 0 unspecified atom stereocenters. The highest BCUT2D eigenvalue weighted by molar-refractivity contribution is 14.1. The van der Waals surface area contributed by atoms with Crippen molar-refractivity contribution in [2.45, 2.75) is 45.1 Å². The van der Waals surface area contributed by atoms with Crippen molar-refractivity contribution in [2.75, 3.05) is 10.7 Å². The van der Waals surface area contributed by atoms with Crippen molar-refractivity contribution >= 4 is 38.5 Å². The normalized spacial score (nSPS) is 30.5. The first kappa shape index (κ1) is 15.4. The molecule has 0 saturated heterocycles. The lowest BCUT2D eigenvalue weighted by Gasteiger charge is -2.38. The van der Waals surface area contributed by atoms with Gasteiger partial charge in [0.2, 0.25) is 0 Å². The first-order valence-electron chi connectivity index (χ1n) is 5.77. The van der Waals surface area contributed by atoms with Gasteiger partial charge < -0.3 is 0 Å². The Labute approximate surface area is 117 Å². The minimum atomic E-state index is -3.50. The molecule has 0 radical (unpaired) electrons. The monoisotopic (exact) mass is 374 g/mol. The molecule has 0 spiro atoms. The third kappa shape index (κ3) is 4.17. The van der Waals surface area contributed by atoms with E-state index in [9.17, 15) is 13.2 Å². The molecule has 1 aliphatic rings. The molecule has 2 atom stereocenters. The van der Waals surface area contributed by atoms with E-state index in [1.807, 2.05) is 6.92 Å². The highest BCUT2D eigenvalue weighted by Gasteiger charge is 2.45. The van der Waals surface area contributed by atoms with Gasteiger partial charge in [-0.1, -0.05) is 29.5 Å². The van der Waals surface area contributed by atoms with Crippen molar-refractivity contribution < 1.29 is 17.4 Å². The van der Waals surface area contributed by atoms with E-state index in [1.165, 1.54) is 0 Å². The highest BCUT2D eigenvalue weighted by atomic mass is 127. The molecule has 1 aliphatic carbocycles. The Bertz CT molecular complexity index is 379. The molecular formula is C11H19IO4S. The number of alkyl halides is 1. The van der Waals surface area contributed by atoms with E-state index in [-0.39, 0.29) is 5.78 Å². The third-order valence-corrected chi connectivity index (χ3v) is 4.68. The molecule has 0 aromatic carbocycles. The molecule has 17 heavy (non-hydrogen) atoms. The third-order valence-electron chi connectivity index (χ3n) is 3.34. The van der Waals surface area contributed by atoms with Crippen molar-refractivity contribution in [3.8, 4) is 0 Å². The summed E-state index contributed by atoms with van der Waals surface area (Å²) in [6.07, 6.45) is 4.09. The van der Waals surface area contributed by atoms with Crippen LogP contribution in [0.5, 0.6) is 0 Å². The summed E-state index contributed by atoms with van der Waals surface area (Å²) in [5.41, 5.74) is -0.632. The molecule has 0 bridgehead atoms. The van der Waals surface area contributed by atoms with Gasteiger partial charge >= 0.3 is 0 Å². The average Bonchev–Trinajstić information content (AvgIpc) is 2.21. The van der Waals surface area contributed by atoms with Crippen molar-refractivity contribution in [2.24, 2.45) is 5.41 Å². The van der Waals surface area contributed by atoms with Crippen LogP contribution in [-0.2, 0) is 19.1 Å². The largest absolute Gasteiger partial charge is 0.299 e. The Morgan fingerprint density at radius 2 is 2.18 bits per heavy atom. The summed E-state index contributed by atoms with van der Waals surface area (Å²) >= 11 is 2.26.